The molecular weight excluding hydrogens is 352 g/mol. The zero-order chi connectivity index (χ0) is 19.6. The number of aryl methyl sites for hydroxylation is 1. The summed E-state index contributed by atoms with van der Waals surface area (Å²) >= 11 is 0. The molecule has 6 heteroatoms. The molecule has 1 aliphatic heterocycles. The van der Waals surface area contributed by atoms with Crippen molar-refractivity contribution in [3.8, 4) is 0 Å². The van der Waals surface area contributed by atoms with Gasteiger partial charge in [0.1, 0.15) is 0 Å². The number of aromatic nitrogens is 2. The number of piperidine rings is 1. The van der Waals surface area contributed by atoms with Crippen molar-refractivity contribution in [1.29, 1.82) is 0 Å². The summed E-state index contributed by atoms with van der Waals surface area (Å²) in [6.45, 7) is 1.11. The van der Waals surface area contributed by atoms with Gasteiger partial charge < -0.3 is 14.8 Å². The van der Waals surface area contributed by atoms with E-state index in [9.17, 15) is 9.59 Å². The Kier molecular flexibility index (Phi) is 5.03. The number of amides is 2. The minimum atomic E-state index is -0.179. The van der Waals surface area contributed by atoms with Crippen molar-refractivity contribution in [2.24, 2.45) is 12.5 Å². The van der Waals surface area contributed by atoms with Crippen LogP contribution in [-0.2, 0) is 18.4 Å². The highest BCUT2D eigenvalue weighted by Gasteiger charge is 2.44. The maximum atomic E-state index is 12.7. The third-order valence-corrected chi connectivity index (χ3v) is 5.94. The number of carbonyl (C=O) groups is 2. The van der Waals surface area contributed by atoms with Gasteiger partial charge in [0.2, 0.25) is 5.91 Å². The maximum absolute atomic E-state index is 12.7. The molecule has 1 saturated heterocycles. The van der Waals surface area contributed by atoms with Gasteiger partial charge in [-0.1, -0.05) is 36.4 Å². The van der Waals surface area contributed by atoms with E-state index in [-0.39, 0.29) is 17.2 Å². The maximum Gasteiger partial charge on any atom is 0.287 e. The number of nitrogens with zero attached hydrogens (tertiary/aromatic N) is 3. The molecule has 6 nitrogen and oxygen atoms in total. The van der Waals surface area contributed by atoms with Crippen LogP contribution in [0.1, 0.15) is 48.3 Å². The number of rotatable bonds is 5. The van der Waals surface area contributed by atoms with E-state index in [1.165, 1.54) is 0 Å². The van der Waals surface area contributed by atoms with Gasteiger partial charge >= 0.3 is 0 Å². The van der Waals surface area contributed by atoms with Crippen molar-refractivity contribution >= 4 is 11.8 Å². The number of nitrogens with one attached hydrogen (secondary N) is 1. The number of carbonyl (C=O) groups excluding carboxylic acids is 2. The third kappa shape index (κ3) is 3.46. The van der Waals surface area contributed by atoms with Crippen LogP contribution >= 0.6 is 0 Å². The van der Waals surface area contributed by atoms with Crippen LogP contribution in [-0.4, -0.2) is 32.8 Å². The van der Waals surface area contributed by atoms with Gasteiger partial charge in [-0.25, -0.2) is 4.98 Å². The average Bonchev–Trinajstić information content (AvgIpc) is 3.15. The summed E-state index contributed by atoms with van der Waals surface area (Å²) in [6, 6.07) is 10.1. The highest BCUT2D eigenvalue weighted by atomic mass is 16.2. The molecular formula is C22H26N4O2. The summed E-state index contributed by atoms with van der Waals surface area (Å²) < 4.78 is 1.72. The first-order valence-corrected chi connectivity index (χ1v) is 9.89. The summed E-state index contributed by atoms with van der Waals surface area (Å²) in [4.78, 5) is 31.4. The Morgan fingerprint density at radius 1 is 1.25 bits per heavy atom. The average molecular weight is 378 g/mol. The first-order valence-electron chi connectivity index (χ1n) is 9.89. The number of fused-ring (bicyclic) bond motifs is 1. The zero-order valence-corrected chi connectivity index (χ0v) is 16.2. The molecule has 28 heavy (non-hydrogen) atoms. The van der Waals surface area contributed by atoms with Crippen LogP contribution in [0.15, 0.2) is 54.5 Å². The lowest BCUT2D eigenvalue weighted by atomic mass is 9.69. The van der Waals surface area contributed by atoms with E-state index in [1.54, 1.807) is 17.0 Å². The summed E-state index contributed by atoms with van der Waals surface area (Å²) in [6.07, 6.45) is 9.93. The molecule has 2 aromatic rings. The molecule has 2 aliphatic rings. The van der Waals surface area contributed by atoms with E-state index in [0.717, 1.165) is 36.9 Å². The fraction of sp³-hybridized carbons (Fsp3) is 0.409. The lowest BCUT2D eigenvalue weighted by Gasteiger charge is -2.47. The quantitative estimate of drug-likeness (QED) is 0.870. The molecule has 1 unspecified atom stereocenters. The standard InChI is InChI=1S/C22H26N4O2/c1-25-14-13-23-20(25)21(28)24-16-22-11-6-5-9-18(22)26(19(27)10-12-22)15-17-7-3-2-4-8-17/h2-4,7-9,13-14H,5-6,10-12,15-16H2,1H3,(H,24,28). The topological polar surface area (TPSA) is 67.2 Å². The molecule has 1 aromatic carbocycles. The van der Waals surface area contributed by atoms with Crippen molar-refractivity contribution in [3.05, 3.63) is 65.9 Å². The molecule has 1 aromatic heterocycles. The molecule has 1 aliphatic carbocycles. The molecule has 1 fully saturated rings. The van der Waals surface area contributed by atoms with Gasteiger partial charge in [-0.15, -0.1) is 0 Å². The number of likely N-dealkylation sites (tertiary alicyclic amines) is 1. The summed E-state index contributed by atoms with van der Waals surface area (Å²) in [5.74, 6) is 0.409. The second-order valence-corrected chi connectivity index (χ2v) is 7.77. The monoisotopic (exact) mass is 378 g/mol. The summed E-state index contributed by atoms with van der Waals surface area (Å²) in [5.41, 5.74) is 2.02. The lowest BCUT2D eigenvalue weighted by Crippen LogP contribution is -2.50. The Morgan fingerprint density at radius 2 is 2.07 bits per heavy atom. The van der Waals surface area contributed by atoms with Crippen molar-refractivity contribution in [2.75, 3.05) is 6.54 Å². The van der Waals surface area contributed by atoms with Gasteiger partial charge in [0.15, 0.2) is 5.82 Å². The largest absolute Gasteiger partial charge is 0.348 e. The Morgan fingerprint density at radius 3 is 2.82 bits per heavy atom. The molecule has 1 atom stereocenters. The van der Waals surface area contributed by atoms with Crippen molar-refractivity contribution in [1.82, 2.24) is 19.8 Å². The molecule has 1 N–H and O–H groups in total. The number of allylic oxidation sites excluding steroid dienone is 1. The minimum absolute atomic E-state index is 0.168. The second kappa shape index (κ2) is 7.62. The number of benzene rings is 1. The molecule has 4 rings (SSSR count). The molecule has 146 valence electrons. The molecule has 0 spiro atoms. The van der Waals surface area contributed by atoms with Crippen molar-refractivity contribution in [3.63, 3.8) is 0 Å². The summed E-state index contributed by atoms with van der Waals surface area (Å²) in [5, 5.41) is 3.08. The Balaban J connectivity index is 1.55. The predicted molar refractivity (Wildman–Crippen MR) is 106 cm³/mol. The van der Waals surface area contributed by atoms with Gasteiger partial charge in [0.25, 0.3) is 5.91 Å². The third-order valence-electron chi connectivity index (χ3n) is 5.94. The molecule has 2 heterocycles. The van der Waals surface area contributed by atoms with Crippen molar-refractivity contribution < 1.29 is 9.59 Å². The number of imidazole rings is 1. The highest BCUT2D eigenvalue weighted by molar-refractivity contribution is 5.90. The van der Waals surface area contributed by atoms with E-state index in [1.807, 2.05) is 30.1 Å². The second-order valence-electron chi connectivity index (χ2n) is 7.77. The van der Waals surface area contributed by atoms with Crippen LogP contribution < -0.4 is 5.32 Å². The van der Waals surface area contributed by atoms with Gasteiger partial charge in [0.05, 0.1) is 6.54 Å². The highest BCUT2D eigenvalue weighted by Crippen LogP contribution is 2.46. The first kappa shape index (κ1) is 18.5. The SMILES string of the molecule is Cn1ccnc1C(=O)NCC12CCCC=C1N(Cc1ccccc1)C(=O)CC2. The van der Waals surface area contributed by atoms with Crippen LogP contribution in [0.4, 0.5) is 0 Å². The Labute approximate surface area is 165 Å². The van der Waals surface area contributed by atoms with E-state index < -0.39 is 0 Å². The molecule has 0 saturated carbocycles. The van der Waals surface area contributed by atoms with Crippen LogP contribution in [0.3, 0.4) is 0 Å². The van der Waals surface area contributed by atoms with Crippen LogP contribution in [0.2, 0.25) is 0 Å². The summed E-state index contributed by atoms with van der Waals surface area (Å²) in [7, 11) is 1.81. The Bertz CT molecular complexity index is 902. The zero-order valence-electron chi connectivity index (χ0n) is 16.2. The van der Waals surface area contributed by atoms with Crippen LogP contribution in [0.25, 0.3) is 0 Å². The predicted octanol–water partition coefficient (Wildman–Crippen LogP) is 3.03. The van der Waals surface area contributed by atoms with Gasteiger partial charge in [-0.3, -0.25) is 9.59 Å². The van der Waals surface area contributed by atoms with Gasteiger partial charge in [-0.05, 0) is 31.2 Å². The minimum Gasteiger partial charge on any atom is -0.348 e. The number of hydrogen-bond acceptors (Lipinski definition) is 3. The fourth-order valence-corrected chi connectivity index (χ4v) is 4.41. The van der Waals surface area contributed by atoms with E-state index >= 15 is 0 Å². The normalized spacial score (nSPS) is 21.8. The first-order chi connectivity index (χ1) is 13.6. The smallest absolute Gasteiger partial charge is 0.287 e. The lowest BCUT2D eigenvalue weighted by molar-refractivity contribution is -0.134. The van der Waals surface area contributed by atoms with Crippen molar-refractivity contribution in [2.45, 2.75) is 38.6 Å². The molecule has 0 radical (unpaired) electrons. The number of hydrogen-bond donors (Lipinski definition) is 1. The van der Waals surface area contributed by atoms with E-state index in [4.69, 9.17) is 0 Å². The van der Waals surface area contributed by atoms with E-state index in [2.05, 4.69) is 28.5 Å². The molecule has 0 bridgehead atoms. The van der Waals surface area contributed by atoms with Gasteiger partial charge in [0, 0.05) is 43.5 Å². The van der Waals surface area contributed by atoms with Gasteiger partial charge in [-0.2, -0.15) is 0 Å². The Hall–Kier alpha value is -2.89. The fourth-order valence-electron chi connectivity index (χ4n) is 4.41. The molecule has 2 amide bonds. The van der Waals surface area contributed by atoms with E-state index in [0.29, 0.717) is 25.3 Å². The van der Waals surface area contributed by atoms with Crippen LogP contribution in [0.5, 0.6) is 0 Å². The van der Waals surface area contributed by atoms with Crippen LogP contribution in [0, 0.1) is 5.41 Å².